The topological polar surface area (TPSA) is 34.1 Å². The van der Waals surface area contributed by atoms with E-state index in [1.165, 1.54) is 5.56 Å². The molecule has 0 spiro atoms. The Labute approximate surface area is 136 Å². The highest BCUT2D eigenvalue weighted by molar-refractivity contribution is 5.95. The zero-order chi connectivity index (χ0) is 15.9. The first-order valence-corrected chi connectivity index (χ1v) is 8.00. The zero-order valence-corrected chi connectivity index (χ0v) is 13.5. The minimum absolute atomic E-state index is 0.0606. The standard InChI is InChI=1S/C20H20N2O/c1-14-13-17(16-9-6-10-18(23-2)19(16)21-14)22-20(11-12-20)15-7-4-3-5-8-15/h3-10,13H,11-12H2,1-2H3,(H,21,22). The molecule has 0 aliphatic heterocycles. The fraction of sp³-hybridized carbons (Fsp3) is 0.250. The number of rotatable bonds is 4. The molecule has 0 radical (unpaired) electrons. The molecule has 3 aromatic rings. The number of aryl methyl sites for hydroxylation is 1. The smallest absolute Gasteiger partial charge is 0.145 e. The molecule has 3 nitrogen and oxygen atoms in total. The van der Waals surface area contributed by atoms with Crippen molar-refractivity contribution in [1.29, 1.82) is 0 Å². The minimum atomic E-state index is 0.0606. The Morgan fingerprint density at radius 3 is 2.52 bits per heavy atom. The average Bonchev–Trinajstić information content (AvgIpc) is 3.36. The quantitative estimate of drug-likeness (QED) is 0.761. The van der Waals surface area contributed by atoms with E-state index in [0.29, 0.717) is 0 Å². The summed E-state index contributed by atoms with van der Waals surface area (Å²) < 4.78 is 5.48. The largest absolute Gasteiger partial charge is 0.494 e. The third kappa shape index (κ3) is 2.42. The highest BCUT2D eigenvalue weighted by Crippen LogP contribution is 2.49. The van der Waals surface area contributed by atoms with E-state index in [4.69, 9.17) is 4.74 Å². The van der Waals surface area contributed by atoms with Gasteiger partial charge < -0.3 is 10.1 Å². The normalized spacial score (nSPS) is 15.4. The van der Waals surface area contributed by atoms with E-state index in [9.17, 15) is 0 Å². The van der Waals surface area contributed by atoms with Crippen molar-refractivity contribution >= 4 is 16.6 Å². The number of aromatic nitrogens is 1. The third-order valence-corrected chi connectivity index (χ3v) is 4.60. The highest BCUT2D eigenvalue weighted by Gasteiger charge is 2.44. The van der Waals surface area contributed by atoms with Crippen LogP contribution in [0.15, 0.2) is 54.6 Å². The molecule has 1 aromatic heterocycles. The van der Waals surface area contributed by atoms with Crippen LogP contribution in [-0.2, 0) is 5.54 Å². The number of nitrogens with one attached hydrogen (secondary N) is 1. The predicted octanol–water partition coefficient (Wildman–Crippen LogP) is 4.65. The molecule has 1 saturated carbocycles. The van der Waals surface area contributed by atoms with Crippen molar-refractivity contribution in [2.24, 2.45) is 0 Å². The molecule has 23 heavy (non-hydrogen) atoms. The Morgan fingerprint density at radius 2 is 1.83 bits per heavy atom. The molecule has 4 rings (SSSR count). The summed E-state index contributed by atoms with van der Waals surface area (Å²) in [6.45, 7) is 2.03. The molecule has 0 atom stereocenters. The summed E-state index contributed by atoms with van der Waals surface area (Å²) in [7, 11) is 1.69. The summed E-state index contributed by atoms with van der Waals surface area (Å²) in [5.74, 6) is 0.818. The molecule has 1 aliphatic carbocycles. The van der Waals surface area contributed by atoms with Crippen LogP contribution in [0.5, 0.6) is 5.75 Å². The molecule has 2 aromatic carbocycles. The van der Waals surface area contributed by atoms with Crippen molar-refractivity contribution in [2.75, 3.05) is 12.4 Å². The Bertz CT molecular complexity index is 854. The average molecular weight is 304 g/mol. The van der Waals surface area contributed by atoms with E-state index >= 15 is 0 Å². The maximum atomic E-state index is 5.48. The number of pyridine rings is 1. The van der Waals surface area contributed by atoms with E-state index in [1.54, 1.807) is 7.11 Å². The Kier molecular flexibility index (Phi) is 3.22. The van der Waals surface area contributed by atoms with Crippen LogP contribution in [0.3, 0.4) is 0 Å². The number of para-hydroxylation sites is 1. The maximum absolute atomic E-state index is 5.48. The number of fused-ring (bicyclic) bond motifs is 1. The van der Waals surface area contributed by atoms with Crippen LogP contribution in [0.25, 0.3) is 10.9 Å². The second-order valence-corrected chi connectivity index (χ2v) is 6.24. The van der Waals surface area contributed by atoms with E-state index < -0.39 is 0 Å². The molecular weight excluding hydrogens is 284 g/mol. The summed E-state index contributed by atoms with van der Waals surface area (Å²) in [6.07, 6.45) is 2.31. The Morgan fingerprint density at radius 1 is 1.04 bits per heavy atom. The summed E-state index contributed by atoms with van der Waals surface area (Å²) in [5.41, 5.74) is 4.46. The monoisotopic (exact) mass is 304 g/mol. The molecular formula is C20H20N2O. The van der Waals surface area contributed by atoms with Gasteiger partial charge in [-0.2, -0.15) is 0 Å². The Hall–Kier alpha value is -2.55. The van der Waals surface area contributed by atoms with Crippen LogP contribution in [-0.4, -0.2) is 12.1 Å². The Balaban J connectivity index is 1.81. The second-order valence-electron chi connectivity index (χ2n) is 6.24. The van der Waals surface area contributed by atoms with Gasteiger partial charge in [0.1, 0.15) is 11.3 Å². The first-order chi connectivity index (χ1) is 11.2. The molecule has 3 heteroatoms. The van der Waals surface area contributed by atoms with Gasteiger partial charge >= 0.3 is 0 Å². The van der Waals surface area contributed by atoms with Gasteiger partial charge in [0.05, 0.1) is 12.6 Å². The molecule has 0 unspecified atom stereocenters. The van der Waals surface area contributed by atoms with Gasteiger partial charge in [-0.15, -0.1) is 0 Å². The SMILES string of the molecule is COc1cccc2c(NC3(c4ccccc4)CC3)cc(C)nc12. The van der Waals surface area contributed by atoms with Crippen molar-refractivity contribution in [3.63, 3.8) is 0 Å². The third-order valence-electron chi connectivity index (χ3n) is 4.60. The number of ether oxygens (including phenoxy) is 1. The van der Waals surface area contributed by atoms with E-state index in [1.807, 2.05) is 19.1 Å². The predicted molar refractivity (Wildman–Crippen MR) is 94.0 cm³/mol. The molecule has 0 saturated heterocycles. The van der Waals surface area contributed by atoms with Gasteiger partial charge in [0.2, 0.25) is 0 Å². The van der Waals surface area contributed by atoms with Crippen molar-refractivity contribution in [3.05, 3.63) is 65.9 Å². The lowest BCUT2D eigenvalue weighted by atomic mass is 10.0. The molecule has 1 N–H and O–H groups in total. The number of hydrogen-bond donors (Lipinski definition) is 1. The van der Waals surface area contributed by atoms with Crippen molar-refractivity contribution < 1.29 is 4.74 Å². The molecule has 1 aliphatic rings. The van der Waals surface area contributed by atoms with Crippen LogP contribution in [0.2, 0.25) is 0 Å². The van der Waals surface area contributed by atoms with Crippen LogP contribution in [0, 0.1) is 6.92 Å². The molecule has 116 valence electrons. The van der Waals surface area contributed by atoms with Crippen LogP contribution in [0.1, 0.15) is 24.1 Å². The van der Waals surface area contributed by atoms with Gasteiger partial charge in [-0.25, -0.2) is 4.98 Å². The molecule has 1 heterocycles. The van der Waals surface area contributed by atoms with Crippen molar-refractivity contribution in [3.8, 4) is 5.75 Å². The summed E-state index contributed by atoms with van der Waals surface area (Å²) in [6, 6.07) is 18.9. The first kappa shape index (κ1) is 14.1. The second kappa shape index (κ2) is 5.27. The fourth-order valence-corrected chi connectivity index (χ4v) is 3.24. The van der Waals surface area contributed by atoms with Gasteiger partial charge in [-0.05, 0) is 37.5 Å². The van der Waals surface area contributed by atoms with Crippen LogP contribution >= 0.6 is 0 Å². The molecule has 1 fully saturated rings. The van der Waals surface area contributed by atoms with E-state index in [0.717, 1.165) is 40.9 Å². The van der Waals surface area contributed by atoms with E-state index in [-0.39, 0.29) is 5.54 Å². The lowest BCUT2D eigenvalue weighted by molar-refractivity contribution is 0.419. The maximum Gasteiger partial charge on any atom is 0.145 e. The number of anilines is 1. The number of nitrogens with zero attached hydrogens (tertiary/aromatic N) is 1. The summed E-state index contributed by atoms with van der Waals surface area (Å²) >= 11 is 0. The number of hydrogen-bond acceptors (Lipinski definition) is 3. The van der Waals surface area contributed by atoms with E-state index in [2.05, 4.69) is 52.8 Å². The lowest BCUT2D eigenvalue weighted by Gasteiger charge is -2.21. The van der Waals surface area contributed by atoms with Gasteiger partial charge in [-0.1, -0.05) is 42.5 Å². The molecule has 0 bridgehead atoms. The van der Waals surface area contributed by atoms with Gasteiger partial charge in [-0.3, -0.25) is 0 Å². The zero-order valence-electron chi connectivity index (χ0n) is 13.5. The summed E-state index contributed by atoms with van der Waals surface area (Å²) in [5, 5.41) is 4.89. The summed E-state index contributed by atoms with van der Waals surface area (Å²) in [4.78, 5) is 4.67. The number of methoxy groups -OCH3 is 1. The first-order valence-electron chi connectivity index (χ1n) is 8.00. The number of benzene rings is 2. The fourth-order valence-electron chi connectivity index (χ4n) is 3.24. The minimum Gasteiger partial charge on any atom is -0.494 e. The van der Waals surface area contributed by atoms with Gasteiger partial charge in [0.15, 0.2) is 0 Å². The van der Waals surface area contributed by atoms with Crippen LogP contribution in [0.4, 0.5) is 5.69 Å². The molecule has 0 amide bonds. The van der Waals surface area contributed by atoms with Crippen molar-refractivity contribution in [1.82, 2.24) is 4.98 Å². The van der Waals surface area contributed by atoms with Gasteiger partial charge in [0, 0.05) is 16.8 Å². The lowest BCUT2D eigenvalue weighted by Crippen LogP contribution is -2.19. The van der Waals surface area contributed by atoms with Crippen molar-refractivity contribution in [2.45, 2.75) is 25.3 Å². The highest BCUT2D eigenvalue weighted by atomic mass is 16.5. The van der Waals surface area contributed by atoms with Crippen LogP contribution < -0.4 is 10.1 Å². The van der Waals surface area contributed by atoms with Gasteiger partial charge in [0.25, 0.3) is 0 Å².